The van der Waals surface area contributed by atoms with Gasteiger partial charge < -0.3 is 4.90 Å². The van der Waals surface area contributed by atoms with Crippen LogP contribution in [-0.2, 0) is 15.8 Å². The van der Waals surface area contributed by atoms with Gasteiger partial charge in [-0.3, -0.25) is 0 Å². The summed E-state index contributed by atoms with van der Waals surface area (Å²) in [5.41, 5.74) is 0.761. The summed E-state index contributed by atoms with van der Waals surface area (Å²) in [6.45, 7) is 7.17. The molecule has 0 radical (unpaired) electrons. The van der Waals surface area contributed by atoms with Crippen LogP contribution in [0, 0.1) is 11.8 Å². The van der Waals surface area contributed by atoms with Gasteiger partial charge in [0.2, 0.25) is 10.0 Å². The van der Waals surface area contributed by atoms with Crippen molar-refractivity contribution in [3.05, 3.63) is 34.9 Å². The SMILES string of the molecule is C[C@@H]1CCCN(CC2CCN(S(=O)(=O)Cc3cccc(Cl)c3)CC2)C1. The van der Waals surface area contributed by atoms with Crippen molar-refractivity contribution in [2.75, 3.05) is 32.7 Å². The number of rotatable bonds is 5. The minimum absolute atomic E-state index is 0.0435. The van der Waals surface area contributed by atoms with Gasteiger partial charge in [0.05, 0.1) is 5.75 Å². The number of nitrogens with zero attached hydrogens (tertiary/aromatic N) is 2. The molecule has 1 atom stereocenters. The zero-order valence-electron chi connectivity index (χ0n) is 15.0. The van der Waals surface area contributed by atoms with E-state index in [4.69, 9.17) is 11.6 Å². The molecule has 0 spiro atoms. The van der Waals surface area contributed by atoms with Gasteiger partial charge in [-0.05, 0) is 61.8 Å². The van der Waals surface area contributed by atoms with Crippen LogP contribution in [0.3, 0.4) is 0 Å². The molecule has 2 fully saturated rings. The lowest BCUT2D eigenvalue weighted by atomic mass is 9.94. The highest BCUT2D eigenvalue weighted by Gasteiger charge is 2.29. The van der Waals surface area contributed by atoms with Gasteiger partial charge in [0.15, 0.2) is 0 Å². The van der Waals surface area contributed by atoms with E-state index in [1.807, 2.05) is 6.07 Å². The molecule has 2 aliphatic heterocycles. The predicted octanol–water partition coefficient (Wildman–Crippen LogP) is 3.61. The number of hydrogen-bond acceptors (Lipinski definition) is 3. The molecule has 0 bridgehead atoms. The minimum Gasteiger partial charge on any atom is -0.303 e. The lowest BCUT2D eigenvalue weighted by Gasteiger charge is -2.37. The van der Waals surface area contributed by atoms with Crippen LogP contribution in [0.4, 0.5) is 0 Å². The molecule has 1 aromatic carbocycles. The zero-order valence-corrected chi connectivity index (χ0v) is 16.6. The maximum atomic E-state index is 12.7. The van der Waals surface area contributed by atoms with Crippen LogP contribution < -0.4 is 0 Å². The second kappa shape index (κ2) is 8.38. The largest absolute Gasteiger partial charge is 0.303 e. The van der Waals surface area contributed by atoms with Gasteiger partial charge in [0.1, 0.15) is 0 Å². The van der Waals surface area contributed by atoms with Crippen LogP contribution in [0.15, 0.2) is 24.3 Å². The fourth-order valence-electron chi connectivity index (χ4n) is 4.12. The standard InChI is InChI=1S/C19H29ClN2O2S/c1-16-4-3-9-21(13-16)14-17-7-10-22(11-8-17)25(23,24)15-18-5-2-6-19(20)12-18/h2,5-6,12,16-17H,3-4,7-11,13-15H2,1H3/t16-/m1/s1. The average molecular weight is 385 g/mol. The van der Waals surface area contributed by atoms with E-state index in [9.17, 15) is 8.42 Å². The van der Waals surface area contributed by atoms with E-state index in [2.05, 4.69) is 11.8 Å². The van der Waals surface area contributed by atoms with Gasteiger partial charge in [-0.15, -0.1) is 0 Å². The number of piperidine rings is 2. The third-order valence-corrected chi connectivity index (χ3v) is 7.55. The molecule has 2 heterocycles. The Bertz CT molecular complexity index is 672. The van der Waals surface area contributed by atoms with Crippen LogP contribution in [-0.4, -0.2) is 50.3 Å². The zero-order chi connectivity index (χ0) is 17.9. The number of sulfonamides is 1. The van der Waals surface area contributed by atoms with Crippen LogP contribution in [0.25, 0.3) is 0 Å². The van der Waals surface area contributed by atoms with E-state index in [0.717, 1.165) is 30.9 Å². The first-order chi connectivity index (χ1) is 11.9. The van der Waals surface area contributed by atoms with Crippen LogP contribution >= 0.6 is 11.6 Å². The predicted molar refractivity (Wildman–Crippen MR) is 103 cm³/mol. The van der Waals surface area contributed by atoms with Gasteiger partial charge in [-0.1, -0.05) is 30.7 Å². The fourth-order valence-corrected chi connectivity index (χ4v) is 5.88. The molecule has 0 unspecified atom stereocenters. The molecule has 25 heavy (non-hydrogen) atoms. The van der Waals surface area contributed by atoms with Crippen molar-refractivity contribution < 1.29 is 8.42 Å². The first-order valence-corrected chi connectivity index (χ1v) is 11.4. The highest BCUT2D eigenvalue weighted by atomic mass is 35.5. The van der Waals surface area contributed by atoms with Crippen molar-refractivity contribution in [1.82, 2.24) is 9.21 Å². The molecule has 1 aromatic rings. The van der Waals surface area contributed by atoms with Crippen LogP contribution in [0.1, 0.15) is 38.2 Å². The second-order valence-corrected chi connectivity index (χ2v) is 10.1. The van der Waals surface area contributed by atoms with E-state index in [-0.39, 0.29) is 5.75 Å². The summed E-state index contributed by atoms with van der Waals surface area (Å²) in [6, 6.07) is 7.14. The van der Waals surface area contributed by atoms with Crippen molar-refractivity contribution in [3.63, 3.8) is 0 Å². The number of likely N-dealkylation sites (tertiary alicyclic amines) is 1. The highest BCUT2D eigenvalue weighted by Crippen LogP contribution is 2.25. The third-order valence-electron chi connectivity index (χ3n) is 5.46. The smallest absolute Gasteiger partial charge is 0.218 e. The van der Waals surface area contributed by atoms with Gasteiger partial charge in [-0.2, -0.15) is 0 Å². The molecular weight excluding hydrogens is 356 g/mol. The maximum absolute atomic E-state index is 12.7. The summed E-state index contributed by atoms with van der Waals surface area (Å²) in [5, 5.41) is 0.585. The lowest BCUT2D eigenvalue weighted by Crippen LogP contribution is -2.43. The highest BCUT2D eigenvalue weighted by molar-refractivity contribution is 7.88. The Morgan fingerprint density at radius 1 is 1.16 bits per heavy atom. The molecular formula is C19H29ClN2O2S. The summed E-state index contributed by atoms with van der Waals surface area (Å²) >= 11 is 5.97. The Morgan fingerprint density at radius 2 is 1.92 bits per heavy atom. The molecule has 6 heteroatoms. The van der Waals surface area contributed by atoms with Crippen LogP contribution in [0.5, 0.6) is 0 Å². The summed E-state index contributed by atoms with van der Waals surface area (Å²) in [6.07, 6.45) is 4.59. The van der Waals surface area contributed by atoms with Crippen molar-refractivity contribution >= 4 is 21.6 Å². The Morgan fingerprint density at radius 3 is 2.60 bits per heavy atom. The van der Waals surface area contributed by atoms with E-state index in [1.165, 1.54) is 25.9 Å². The van der Waals surface area contributed by atoms with E-state index >= 15 is 0 Å². The average Bonchev–Trinajstić information content (AvgIpc) is 2.55. The molecule has 0 aliphatic carbocycles. The maximum Gasteiger partial charge on any atom is 0.218 e. The first-order valence-electron chi connectivity index (χ1n) is 9.37. The molecule has 3 rings (SSSR count). The molecule has 0 saturated carbocycles. The first kappa shape index (κ1) is 19.2. The molecule has 0 N–H and O–H groups in total. The third kappa shape index (κ3) is 5.43. The van der Waals surface area contributed by atoms with Crippen LogP contribution in [0.2, 0.25) is 5.02 Å². The van der Waals surface area contributed by atoms with Crippen molar-refractivity contribution in [2.45, 2.75) is 38.4 Å². The van der Waals surface area contributed by atoms with E-state index in [0.29, 0.717) is 24.0 Å². The van der Waals surface area contributed by atoms with Gasteiger partial charge in [-0.25, -0.2) is 12.7 Å². The molecule has 2 saturated heterocycles. The summed E-state index contributed by atoms with van der Waals surface area (Å²) in [5.74, 6) is 1.47. The topological polar surface area (TPSA) is 40.6 Å². The van der Waals surface area contributed by atoms with Crippen molar-refractivity contribution in [2.24, 2.45) is 11.8 Å². The molecule has 0 aromatic heterocycles. The number of benzene rings is 1. The summed E-state index contributed by atoms with van der Waals surface area (Å²) < 4.78 is 27.0. The Labute approximate surface area is 157 Å². The molecule has 0 amide bonds. The minimum atomic E-state index is -3.26. The Kier molecular flexibility index (Phi) is 6.42. The fraction of sp³-hybridized carbons (Fsp3) is 0.684. The number of hydrogen-bond donors (Lipinski definition) is 0. The van der Waals surface area contributed by atoms with E-state index in [1.54, 1.807) is 22.5 Å². The van der Waals surface area contributed by atoms with Gasteiger partial charge in [0.25, 0.3) is 0 Å². The molecule has 2 aliphatic rings. The molecule has 4 nitrogen and oxygen atoms in total. The quantitative estimate of drug-likeness (QED) is 0.778. The van der Waals surface area contributed by atoms with Crippen molar-refractivity contribution in [1.29, 1.82) is 0 Å². The number of halogens is 1. The van der Waals surface area contributed by atoms with E-state index < -0.39 is 10.0 Å². The van der Waals surface area contributed by atoms with Crippen molar-refractivity contribution in [3.8, 4) is 0 Å². The lowest BCUT2D eigenvalue weighted by molar-refractivity contribution is 0.136. The summed E-state index contributed by atoms with van der Waals surface area (Å²) in [7, 11) is -3.26. The normalized spacial score (nSPS) is 24.5. The Balaban J connectivity index is 1.51. The van der Waals surface area contributed by atoms with Gasteiger partial charge >= 0.3 is 0 Å². The Hall–Kier alpha value is -0.620. The summed E-state index contributed by atoms with van der Waals surface area (Å²) in [4.78, 5) is 2.58. The molecule has 140 valence electrons. The second-order valence-electron chi connectivity index (χ2n) is 7.74. The monoisotopic (exact) mass is 384 g/mol. The van der Waals surface area contributed by atoms with Gasteiger partial charge in [0, 0.05) is 31.2 Å².